The van der Waals surface area contributed by atoms with Gasteiger partial charge in [-0.2, -0.15) is 0 Å². The van der Waals surface area contributed by atoms with Gasteiger partial charge in [0, 0.05) is 33.9 Å². The van der Waals surface area contributed by atoms with Crippen LogP contribution in [0.4, 0.5) is 17.2 Å². The number of hydrogen-bond acceptors (Lipinski definition) is 4. The lowest BCUT2D eigenvalue weighted by Crippen LogP contribution is -1.98. The maximum atomic E-state index is 9.52. The summed E-state index contributed by atoms with van der Waals surface area (Å²) in [4.78, 5) is 4.52. The molecule has 0 fully saturated rings. The molecule has 1 aromatic heterocycles. The van der Waals surface area contributed by atoms with E-state index in [0.29, 0.717) is 0 Å². The number of nitrogens with one attached hydrogen (secondary N) is 1. The monoisotopic (exact) mass is 265 g/mol. The first-order chi connectivity index (χ1) is 9.63. The van der Waals surface area contributed by atoms with E-state index in [0.717, 1.165) is 33.7 Å². The van der Waals surface area contributed by atoms with Gasteiger partial charge in [-0.25, -0.2) is 4.98 Å². The smallest absolute Gasteiger partial charge is 0.138 e. The molecule has 3 rings (SSSR count). The Hall–Kier alpha value is -2.75. The van der Waals surface area contributed by atoms with Gasteiger partial charge in [-0.1, -0.05) is 18.2 Å². The molecule has 100 valence electrons. The largest absolute Gasteiger partial charge is 0.508 e. The molecule has 4 nitrogen and oxygen atoms in total. The summed E-state index contributed by atoms with van der Waals surface area (Å²) >= 11 is 0. The highest BCUT2D eigenvalue weighted by atomic mass is 16.3. The third-order valence-electron chi connectivity index (χ3n) is 3.15. The lowest BCUT2D eigenvalue weighted by molar-refractivity contribution is 0.475. The van der Waals surface area contributed by atoms with E-state index < -0.39 is 0 Å². The Balaban J connectivity index is 2.14. The van der Waals surface area contributed by atoms with Crippen molar-refractivity contribution >= 4 is 28.0 Å². The number of aryl methyl sites for hydroxylation is 1. The molecule has 0 aliphatic heterocycles. The van der Waals surface area contributed by atoms with E-state index in [1.807, 2.05) is 37.3 Å². The van der Waals surface area contributed by atoms with Crippen molar-refractivity contribution in [1.29, 1.82) is 0 Å². The van der Waals surface area contributed by atoms with Crippen molar-refractivity contribution in [3.05, 3.63) is 54.2 Å². The van der Waals surface area contributed by atoms with E-state index in [4.69, 9.17) is 5.73 Å². The Morgan fingerprint density at radius 3 is 2.65 bits per heavy atom. The van der Waals surface area contributed by atoms with Crippen LogP contribution < -0.4 is 11.1 Å². The van der Waals surface area contributed by atoms with Gasteiger partial charge in [-0.3, -0.25) is 0 Å². The highest BCUT2D eigenvalue weighted by Crippen LogP contribution is 2.29. The van der Waals surface area contributed by atoms with Crippen LogP contribution in [-0.2, 0) is 0 Å². The summed E-state index contributed by atoms with van der Waals surface area (Å²) in [6.07, 6.45) is 0. The Morgan fingerprint density at radius 1 is 1.05 bits per heavy atom. The van der Waals surface area contributed by atoms with E-state index in [9.17, 15) is 5.11 Å². The summed E-state index contributed by atoms with van der Waals surface area (Å²) in [5.74, 6) is 0.948. The number of nitrogens with two attached hydrogens (primary N) is 1. The second-order valence-corrected chi connectivity index (χ2v) is 4.73. The number of nitrogen functional groups attached to an aromatic ring is 1. The number of phenols is 1. The molecule has 0 spiro atoms. The zero-order valence-electron chi connectivity index (χ0n) is 11.1. The molecule has 1 heterocycles. The van der Waals surface area contributed by atoms with Crippen molar-refractivity contribution in [2.45, 2.75) is 6.92 Å². The SMILES string of the molecule is Cc1cc2c(N)cccc2c(Nc2cccc(O)c2)n1. The molecule has 2 aromatic carbocycles. The summed E-state index contributed by atoms with van der Waals surface area (Å²) in [6, 6.07) is 14.7. The Kier molecular flexibility index (Phi) is 2.91. The summed E-state index contributed by atoms with van der Waals surface area (Å²) in [6.45, 7) is 1.93. The first kappa shape index (κ1) is 12.3. The lowest BCUT2D eigenvalue weighted by atomic mass is 10.1. The molecule has 0 saturated heterocycles. The Labute approximate surface area is 116 Å². The third-order valence-corrected chi connectivity index (χ3v) is 3.15. The second-order valence-electron chi connectivity index (χ2n) is 4.73. The van der Waals surface area contributed by atoms with E-state index in [1.54, 1.807) is 18.2 Å². The van der Waals surface area contributed by atoms with Crippen molar-refractivity contribution in [2.24, 2.45) is 0 Å². The van der Waals surface area contributed by atoms with Crippen LogP contribution in [0.1, 0.15) is 5.69 Å². The molecule has 3 aromatic rings. The highest BCUT2D eigenvalue weighted by molar-refractivity contribution is 6.00. The minimum Gasteiger partial charge on any atom is -0.508 e. The number of nitrogens with zero attached hydrogens (tertiary/aromatic N) is 1. The number of aromatic nitrogens is 1. The zero-order valence-corrected chi connectivity index (χ0v) is 11.1. The van der Waals surface area contributed by atoms with Crippen molar-refractivity contribution in [3.63, 3.8) is 0 Å². The van der Waals surface area contributed by atoms with Crippen LogP contribution in [0.2, 0.25) is 0 Å². The molecular formula is C16H15N3O. The molecule has 0 aliphatic carbocycles. The lowest BCUT2D eigenvalue weighted by Gasteiger charge is -2.11. The second kappa shape index (κ2) is 4.74. The van der Waals surface area contributed by atoms with Crippen molar-refractivity contribution in [2.75, 3.05) is 11.1 Å². The van der Waals surface area contributed by atoms with Crippen molar-refractivity contribution < 1.29 is 5.11 Å². The Bertz CT molecular complexity index is 784. The summed E-state index contributed by atoms with van der Waals surface area (Å²) in [5, 5.41) is 14.7. The maximum absolute atomic E-state index is 9.52. The number of pyridine rings is 1. The molecule has 0 aliphatic rings. The number of rotatable bonds is 2. The molecular weight excluding hydrogens is 250 g/mol. The molecule has 4 N–H and O–H groups in total. The third kappa shape index (κ3) is 2.23. The summed E-state index contributed by atoms with van der Waals surface area (Å²) in [5.41, 5.74) is 8.42. The van der Waals surface area contributed by atoms with Gasteiger partial charge in [0.25, 0.3) is 0 Å². The van der Waals surface area contributed by atoms with Crippen LogP contribution in [0.25, 0.3) is 10.8 Å². The fourth-order valence-electron chi connectivity index (χ4n) is 2.24. The number of fused-ring (bicyclic) bond motifs is 1. The first-order valence-electron chi connectivity index (χ1n) is 6.35. The van der Waals surface area contributed by atoms with Crippen LogP contribution in [0.3, 0.4) is 0 Å². The normalized spacial score (nSPS) is 10.7. The average molecular weight is 265 g/mol. The zero-order chi connectivity index (χ0) is 14.1. The highest BCUT2D eigenvalue weighted by Gasteiger charge is 2.07. The molecule has 0 unspecified atom stereocenters. The molecule has 4 heteroatoms. The van der Waals surface area contributed by atoms with Gasteiger partial charge in [-0.05, 0) is 31.2 Å². The fourth-order valence-corrected chi connectivity index (χ4v) is 2.24. The van der Waals surface area contributed by atoms with Crippen LogP contribution in [0.15, 0.2) is 48.5 Å². The quantitative estimate of drug-likeness (QED) is 0.619. The molecule has 20 heavy (non-hydrogen) atoms. The van der Waals surface area contributed by atoms with Gasteiger partial charge in [0.1, 0.15) is 11.6 Å². The molecule has 0 radical (unpaired) electrons. The standard InChI is InChI=1S/C16H15N3O/c1-10-8-14-13(6-3-7-15(14)17)16(18-10)19-11-4-2-5-12(20)9-11/h2-9,20H,17H2,1H3,(H,18,19). The van der Waals surface area contributed by atoms with Crippen LogP contribution in [0, 0.1) is 6.92 Å². The van der Waals surface area contributed by atoms with E-state index in [1.165, 1.54) is 0 Å². The number of phenolic OH excluding ortho intramolecular Hbond substituents is 1. The van der Waals surface area contributed by atoms with Gasteiger partial charge >= 0.3 is 0 Å². The topological polar surface area (TPSA) is 71.2 Å². The summed E-state index contributed by atoms with van der Waals surface area (Å²) < 4.78 is 0. The number of benzene rings is 2. The van der Waals surface area contributed by atoms with Crippen LogP contribution >= 0.6 is 0 Å². The molecule has 0 bridgehead atoms. The van der Waals surface area contributed by atoms with Crippen molar-refractivity contribution in [1.82, 2.24) is 4.98 Å². The Morgan fingerprint density at radius 2 is 1.85 bits per heavy atom. The van der Waals surface area contributed by atoms with E-state index in [-0.39, 0.29) is 5.75 Å². The maximum Gasteiger partial charge on any atom is 0.138 e. The van der Waals surface area contributed by atoms with Gasteiger partial charge < -0.3 is 16.2 Å². The van der Waals surface area contributed by atoms with Crippen molar-refractivity contribution in [3.8, 4) is 5.75 Å². The van der Waals surface area contributed by atoms with E-state index in [2.05, 4.69) is 10.3 Å². The number of aromatic hydroxyl groups is 1. The van der Waals surface area contributed by atoms with Gasteiger partial charge in [-0.15, -0.1) is 0 Å². The van der Waals surface area contributed by atoms with Gasteiger partial charge in [0.2, 0.25) is 0 Å². The number of anilines is 3. The van der Waals surface area contributed by atoms with Gasteiger partial charge in [0.05, 0.1) is 0 Å². The minimum absolute atomic E-state index is 0.214. The van der Waals surface area contributed by atoms with Crippen LogP contribution in [-0.4, -0.2) is 10.1 Å². The predicted octanol–water partition coefficient (Wildman–Crippen LogP) is 3.57. The van der Waals surface area contributed by atoms with Gasteiger partial charge in [0.15, 0.2) is 0 Å². The minimum atomic E-state index is 0.214. The van der Waals surface area contributed by atoms with E-state index >= 15 is 0 Å². The summed E-state index contributed by atoms with van der Waals surface area (Å²) in [7, 11) is 0. The molecule has 0 atom stereocenters. The first-order valence-corrected chi connectivity index (χ1v) is 6.35. The molecule has 0 amide bonds. The average Bonchev–Trinajstić information content (AvgIpc) is 2.40. The fraction of sp³-hybridized carbons (Fsp3) is 0.0625. The van der Waals surface area contributed by atoms with Crippen LogP contribution in [0.5, 0.6) is 5.75 Å². The predicted molar refractivity (Wildman–Crippen MR) is 82.3 cm³/mol. The molecule has 0 saturated carbocycles. The number of hydrogen-bond donors (Lipinski definition) is 3.